The quantitative estimate of drug-likeness (QED) is 0.398. The number of benzene rings is 1. The van der Waals surface area contributed by atoms with E-state index in [2.05, 4.69) is 74.4 Å². The van der Waals surface area contributed by atoms with Crippen LogP contribution in [0, 0.1) is 12.3 Å². The van der Waals surface area contributed by atoms with Gasteiger partial charge in [-0.25, -0.2) is 0 Å². The van der Waals surface area contributed by atoms with Crippen molar-refractivity contribution in [3.05, 3.63) is 34.4 Å². The molecular formula is C24H43O4P. The van der Waals surface area contributed by atoms with Crippen LogP contribution in [0.1, 0.15) is 109 Å². The minimum absolute atomic E-state index is 0.0572. The summed E-state index contributed by atoms with van der Waals surface area (Å²) < 4.78 is 5.91. The third-order valence-electron chi connectivity index (χ3n) is 6.01. The molecule has 5 heteroatoms. The molecule has 4 nitrogen and oxygen atoms in total. The van der Waals surface area contributed by atoms with Gasteiger partial charge in [0.1, 0.15) is 0 Å². The molecule has 2 atom stereocenters. The Kier molecular flexibility index (Phi) is 9.33. The summed E-state index contributed by atoms with van der Waals surface area (Å²) in [5.74, 6) is 0. The van der Waals surface area contributed by atoms with Crippen LogP contribution in [0.5, 0.6) is 0 Å². The van der Waals surface area contributed by atoms with Gasteiger partial charge in [0.05, 0.1) is 12.7 Å². The molecule has 1 aromatic carbocycles. The van der Waals surface area contributed by atoms with E-state index >= 15 is 0 Å². The van der Waals surface area contributed by atoms with Gasteiger partial charge in [-0.1, -0.05) is 85.9 Å². The van der Waals surface area contributed by atoms with Gasteiger partial charge in [0.25, 0.3) is 0 Å². The zero-order valence-corrected chi connectivity index (χ0v) is 20.9. The monoisotopic (exact) mass is 426 g/mol. The molecule has 0 spiro atoms. The second kappa shape index (κ2) is 10.2. The number of aliphatic hydroxyl groups is 1. The lowest BCUT2D eigenvalue weighted by molar-refractivity contribution is -0.0218. The molecule has 0 fully saturated rings. The number of aryl methyl sites for hydroxylation is 1. The van der Waals surface area contributed by atoms with Gasteiger partial charge in [-0.3, -0.25) is 0 Å². The Morgan fingerprint density at radius 3 is 1.76 bits per heavy atom. The summed E-state index contributed by atoms with van der Waals surface area (Å²) in [6.45, 7) is 19.3. The summed E-state index contributed by atoms with van der Waals surface area (Å²) in [6, 6.07) is 4.38. The molecule has 0 amide bonds. The van der Waals surface area contributed by atoms with Crippen LogP contribution in [0.3, 0.4) is 0 Å². The van der Waals surface area contributed by atoms with Crippen molar-refractivity contribution in [2.24, 2.45) is 5.41 Å². The highest BCUT2D eigenvalue weighted by atomic mass is 31.2. The Hall–Kier alpha value is -0.510. The van der Waals surface area contributed by atoms with Crippen molar-refractivity contribution in [2.45, 2.75) is 105 Å². The van der Waals surface area contributed by atoms with E-state index in [4.69, 9.17) is 4.52 Å². The van der Waals surface area contributed by atoms with Crippen LogP contribution in [-0.2, 0) is 15.4 Å². The molecule has 0 bridgehead atoms. The average Bonchev–Trinajstić information content (AvgIpc) is 2.59. The number of aliphatic hydroxyl groups excluding tert-OH is 1. The molecule has 1 rings (SSSR count). The van der Waals surface area contributed by atoms with Crippen molar-refractivity contribution in [1.82, 2.24) is 0 Å². The fraction of sp³-hybridized carbons (Fsp3) is 0.750. The van der Waals surface area contributed by atoms with E-state index in [0.717, 1.165) is 36.0 Å². The van der Waals surface area contributed by atoms with E-state index in [0.29, 0.717) is 6.42 Å². The van der Waals surface area contributed by atoms with Crippen LogP contribution in [0.15, 0.2) is 12.1 Å². The van der Waals surface area contributed by atoms with E-state index in [-0.39, 0.29) is 17.4 Å². The third-order valence-corrected chi connectivity index (χ3v) is 6.41. The summed E-state index contributed by atoms with van der Waals surface area (Å²) in [5, 5.41) is 10.6. The van der Waals surface area contributed by atoms with Crippen LogP contribution in [0.25, 0.3) is 0 Å². The maximum absolute atomic E-state index is 10.6. The SMILES string of the molecule is CCCCC(CC)(CO)C(OP(O)O)c1c(C(C)(C)C)cc(C)cc1C(C)(C)C. The molecule has 0 saturated carbocycles. The normalized spacial score (nSPS) is 16.2. The average molecular weight is 427 g/mol. The van der Waals surface area contributed by atoms with Gasteiger partial charge < -0.3 is 19.4 Å². The highest BCUT2D eigenvalue weighted by molar-refractivity contribution is 7.39. The minimum Gasteiger partial charge on any atom is -0.396 e. The summed E-state index contributed by atoms with van der Waals surface area (Å²) in [4.78, 5) is 19.8. The van der Waals surface area contributed by atoms with Crippen molar-refractivity contribution in [1.29, 1.82) is 0 Å². The van der Waals surface area contributed by atoms with Gasteiger partial charge in [0.2, 0.25) is 0 Å². The Morgan fingerprint density at radius 2 is 1.45 bits per heavy atom. The van der Waals surface area contributed by atoms with E-state index in [1.807, 2.05) is 0 Å². The fourth-order valence-corrected chi connectivity index (χ4v) is 4.70. The third kappa shape index (κ3) is 6.48. The van der Waals surface area contributed by atoms with Crippen LogP contribution in [-0.4, -0.2) is 21.5 Å². The number of rotatable bonds is 9. The van der Waals surface area contributed by atoms with E-state index < -0.39 is 20.1 Å². The first-order chi connectivity index (χ1) is 13.2. The summed E-state index contributed by atoms with van der Waals surface area (Å²) in [7, 11) is -2.57. The van der Waals surface area contributed by atoms with Crippen LogP contribution < -0.4 is 0 Å². The second-order valence-corrected chi connectivity index (χ2v) is 11.2. The largest absolute Gasteiger partial charge is 0.396 e. The predicted molar refractivity (Wildman–Crippen MR) is 123 cm³/mol. The molecule has 0 heterocycles. The van der Waals surface area contributed by atoms with Gasteiger partial charge in [-0.15, -0.1) is 0 Å². The number of hydrogen-bond donors (Lipinski definition) is 3. The highest BCUT2D eigenvalue weighted by Crippen LogP contribution is 2.53. The molecule has 0 aromatic heterocycles. The second-order valence-electron chi connectivity index (χ2n) is 10.5. The molecule has 29 heavy (non-hydrogen) atoms. The predicted octanol–water partition coefficient (Wildman–Crippen LogP) is 6.44. The van der Waals surface area contributed by atoms with Crippen molar-refractivity contribution < 1.29 is 19.4 Å². The van der Waals surface area contributed by atoms with Crippen molar-refractivity contribution in [3.63, 3.8) is 0 Å². The fourth-order valence-electron chi connectivity index (χ4n) is 4.18. The minimum atomic E-state index is -2.57. The van der Waals surface area contributed by atoms with Crippen LogP contribution in [0.4, 0.5) is 0 Å². The van der Waals surface area contributed by atoms with Gasteiger partial charge in [-0.2, -0.15) is 0 Å². The van der Waals surface area contributed by atoms with Gasteiger partial charge in [0.15, 0.2) is 0 Å². The lowest BCUT2D eigenvalue weighted by Crippen LogP contribution is -2.37. The summed E-state index contributed by atoms with van der Waals surface area (Å²) >= 11 is 0. The first-order valence-corrected chi connectivity index (χ1v) is 12.0. The molecule has 1 aromatic rings. The molecule has 0 aliphatic carbocycles. The summed E-state index contributed by atoms with van der Waals surface area (Å²) in [5.41, 5.74) is 3.60. The Balaban J connectivity index is 3.97. The lowest BCUT2D eigenvalue weighted by atomic mass is 9.66. The smallest absolute Gasteiger partial charge is 0.327 e. The molecule has 0 radical (unpaired) electrons. The number of hydrogen-bond acceptors (Lipinski definition) is 4. The molecule has 168 valence electrons. The maximum atomic E-state index is 10.6. The highest BCUT2D eigenvalue weighted by Gasteiger charge is 2.44. The number of unbranched alkanes of at least 4 members (excludes halogenated alkanes) is 1. The first-order valence-electron chi connectivity index (χ1n) is 10.8. The molecular weight excluding hydrogens is 383 g/mol. The van der Waals surface area contributed by atoms with Crippen molar-refractivity contribution >= 4 is 8.60 Å². The van der Waals surface area contributed by atoms with Crippen LogP contribution in [0.2, 0.25) is 0 Å². The van der Waals surface area contributed by atoms with Gasteiger partial charge in [-0.05, 0) is 47.3 Å². The lowest BCUT2D eigenvalue weighted by Gasteiger charge is -2.43. The molecule has 0 aliphatic rings. The first kappa shape index (κ1) is 26.5. The van der Waals surface area contributed by atoms with Crippen LogP contribution >= 0.6 is 8.60 Å². The molecule has 3 N–H and O–H groups in total. The summed E-state index contributed by atoms with van der Waals surface area (Å²) in [6.07, 6.45) is 2.83. The van der Waals surface area contributed by atoms with Crippen molar-refractivity contribution in [2.75, 3.05) is 6.61 Å². The van der Waals surface area contributed by atoms with Gasteiger partial charge in [0, 0.05) is 5.41 Å². The van der Waals surface area contributed by atoms with Crippen molar-refractivity contribution in [3.8, 4) is 0 Å². The van der Waals surface area contributed by atoms with Gasteiger partial charge >= 0.3 is 8.60 Å². The topological polar surface area (TPSA) is 69.9 Å². The standard InChI is InChI=1S/C24H43O4P/c1-10-12-13-24(11-2,16-25)21(28-29(26)27)20-18(22(4,5)6)14-17(3)15-19(20)23(7,8)9/h14-15,21,25-27H,10-13,16H2,1-9H3. The zero-order valence-electron chi connectivity index (χ0n) is 20.0. The maximum Gasteiger partial charge on any atom is 0.327 e. The molecule has 0 aliphatic heterocycles. The molecule has 0 saturated heterocycles. The molecule has 2 unspecified atom stereocenters. The van der Waals surface area contributed by atoms with E-state index in [1.165, 1.54) is 5.56 Å². The Morgan fingerprint density at radius 1 is 0.966 bits per heavy atom. The Labute approximate surface area is 179 Å². The Bertz CT molecular complexity index is 617. The van der Waals surface area contributed by atoms with E-state index in [9.17, 15) is 14.9 Å². The van der Waals surface area contributed by atoms with E-state index in [1.54, 1.807) is 0 Å². The zero-order chi connectivity index (χ0) is 22.6.